The van der Waals surface area contributed by atoms with Crippen LogP contribution in [-0.4, -0.2) is 20.7 Å². The van der Waals surface area contributed by atoms with Crippen LogP contribution in [0, 0.1) is 0 Å². The van der Waals surface area contributed by atoms with E-state index in [1.54, 1.807) is 24.5 Å². The summed E-state index contributed by atoms with van der Waals surface area (Å²) in [5.41, 5.74) is 2.74. The van der Waals surface area contributed by atoms with Gasteiger partial charge in [0.25, 0.3) is 5.91 Å². The maximum atomic E-state index is 12.8. The molecule has 4 aromatic rings. The lowest BCUT2D eigenvalue weighted by molar-refractivity contribution is 0.0946. The highest BCUT2D eigenvalue weighted by Gasteiger charge is 2.16. The number of aromatic nitrogens is 3. The molecule has 0 bridgehead atoms. The predicted octanol–water partition coefficient (Wildman–Crippen LogP) is 4.44. The van der Waals surface area contributed by atoms with Crippen molar-refractivity contribution < 1.29 is 4.79 Å². The number of carbonyl (C=O) groups excluding carboxylic acids is 1. The van der Waals surface area contributed by atoms with Gasteiger partial charge in [-0.05, 0) is 24.3 Å². The SMILES string of the molecule is O=C(c1cc(-c2ccccc2Cl)nc2ccccc12)n1cccn1. The number of hydrogen-bond acceptors (Lipinski definition) is 3. The molecule has 2 aromatic heterocycles. The van der Waals surface area contributed by atoms with Gasteiger partial charge in [0, 0.05) is 28.4 Å². The molecule has 0 unspecified atom stereocenters. The number of nitrogens with zero attached hydrogens (tertiary/aromatic N) is 3. The minimum absolute atomic E-state index is 0.202. The smallest absolute Gasteiger partial charge is 0.267 e. The van der Waals surface area contributed by atoms with E-state index >= 15 is 0 Å². The fourth-order valence-corrected chi connectivity index (χ4v) is 2.90. The first-order chi connectivity index (χ1) is 11.7. The standard InChI is InChI=1S/C19H12ClN3O/c20-16-8-3-1-7-14(16)18-12-15(19(24)23-11-5-10-21-23)13-6-2-4-9-17(13)22-18/h1-12H. The minimum atomic E-state index is -0.202. The first kappa shape index (κ1) is 14.6. The summed E-state index contributed by atoms with van der Waals surface area (Å²) in [7, 11) is 0. The van der Waals surface area contributed by atoms with Crippen molar-refractivity contribution in [3.8, 4) is 11.3 Å². The van der Waals surface area contributed by atoms with E-state index in [-0.39, 0.29) is 5.91 Å². The molecule has 0 amide bonds. The molecular formula is C19H12ClN3O. The Bertz CT molecular complexity index is 1040. The van der Waals surface area contributed by atoms with Crippen molar-refractivity contribution in [1.82, 2.24) is 14.8 Å². The second-order valence-electron chi connectivity index (χ2n) is 5.31. The molecule has 116 valence electrons. The summed E-state index contributed by atoms with van der Waals surface area (Å²) in [5.74, 6) is -0.202. The Morgan fingerprint density at radius 2 is 1.79 bits per heavy atom. The summed E-state index contributed by atoms with van der Waals surface area (Å²) in [6.45, 7) is 0. The van der Waals surface area contributed by atoms with Crippen molar-refractivity contribution in [3.63, 3.8) is 0 Å². The highest BCUT2D eigenvalue weighted by Crippen LogP contribution is 2.30. The van der Waals surface area contributed by atoms with Crippen LogP contribution in [0.2, 0.25) is 5.02 Å². The summed E-state index contributed by atoms with van der Waals surface area (Å²) >= 11 is 6.30. The first-order valence-electron chi connectivity index (χ1n) is 7.43. The zero-order valence-corrected chi connectivity index (χ0v) is 13.3. The van der Waals surface area contributed by atoms with Gasteiger partial charge in [0.1, 0.15) is 0 Å². The number of pyridine rings is 1. The third kappa shape index (κ3) is 2.47. The van der Waals surface area contributed by atoms with Gasteiger partial charge in [-0.15, -0.1) is 0 Å². The average molecular weight is 334 g/mol. The van der Waals surface area contributed by atoms with E-state index < -0.39 is 0 Å². The minimum Gasteiger partial charge on any atom is -0.267 e. The second-order valence-corrected chi connectivity index (χ2v) is 5.72. The Morgan fingerprint density at radius 3 is 2.58 bits per heavy atom. The molecule has 24 heavy (non-hydrogen) atoms. The molecule has 2 heterocycles. The summed E-state index contributed by atoms with van der Waals surface area (Å²) in [4.78, 5) is 17.5. The van der Waals surface area contributed by atoms with Crippen LogP contribution in [0.5, 0.6) is 0 Å². The molecule has 5 heteroatoms. The first-order valence-corrected chi connectivity index (χ1v) is 7.81. The van der Waals surface area contributed by atoms with E-state index in [0.29, 0.717) is 16.3 Å². The molecule has 2 aromatic carbocycles. The predicted molar refractivity (Wildman–Crippen MR) is 94.1 cm³/mol. The molecule has 4 rings (SSSR count). The molecule has 0 aliphatic heterocycles. The molecule has 4 nitrogen and oxygen atoms in total. The van der Waals surface area contributed by atoms with Crippen LogP contribution in [0.15, 0.2) is 73.1 Å². The van der Waals surface area contributed by atoms with Crippen LogP contribution < -0.4 is 0 Å². The third-order valence-corrected chi connectivity index (χ3v) is 4.14. The number of hydrogen-bond donors (Lipinski definition) is 0. The summed E-state index contributed by atoms with van der Waals surface area (Å²) < 4.78 is 1.32. The lowest BCUT2D eigenvalue weighted by Gasteiger charge is -2.10. The van der Waals surface area contributed by atoms with Gasteiger partial charge < -0.3 is 0 Å². The van der Waals surface area contributed by atoms with Crippen LogP contribution in [0.4, 0.5) is 0 Å². The Hall–Kier alpha value is -2.98. The van der Waals surface area contributed by atoms with Crippen LogP contribution in [0.1, 0.15) is 10.4 Å². The summed E-state index contributed by atoms with van der Waals surface area (Å²) in [5, 5.41) is 5.42. The third-order valence-electron chi connectivity index (χ3n) is 3.81. The van der Waals surface area contributed by atoms with Gasteiger partial charge in [-0.3, -0.25) is 4.79 Å². The molecule has 0 spiro atoms. The molecule has 0 fully saturated rings. The normalized spacial score (nSPS) is 10.9. The second kappa shape index (κ2) is 5.91. The fraction of sp³-hybridized carbons (Fsp3) is 0. The molecule has 0 radical (unpaired) electrons. The quantitative estimate of drug-likeness (QED) is 0.545. The van der Waals surface area contributed by atoms with E-state index in [2.05, 4.69) is 10.1 Å². The van der Waals surface area contributed by atoms with Gasteiger partial charge in [0.05, 0.1) is 16.8 Å². The lowest BCUT2D eigenvalue weighted by atomic mass is 10.0. The topological polar surface area (TPSA) is 47.8 Å². The van der Waals surface area contributed by atoms with E-state index in [1.165, 1.54) is 4.68 Å². The monoisotopic (exact) mass is 333 g/mol. The number of para-hydroxylation sites is 1. The average Bonchev–Trinajstić information content (AvgIpc) is 3.15. The largest absolute Gasteiger partial charge is 0.278 e. The van der Waals surface area contributed by atoms with Crippen LogP contribution in [0.3, 0.4) is 0 Å². The Balaban J connectivity index is 1.98. The van der Waals surface area contributed by atoms with Gasteiger partial charge >= 0.3 is 0 Å². The molecule has 0 saturated heterocycles. The molecule has 0 saturated carbocycles. The Kier molecular flexibility index (Phi) is 3.59. The Labute approximate surface area is 143 Å². The number of halogens is 1. The molecule has 0 N–H and O–H groups in total. The van der Waals surface area contributed by atoms with Crippen LogP contribution in [-0.2, 0) is 0 Å². The van der Waals surface area contributed by atoms with Crippen molar-refractivity contribution in [1.29, 1.82) is 0 Å². The number of carbonyl (C=O) groups is 1. The highest BCUT2D eigenvalue weighted by molar-refractivity contribution is 6.33. The summed E-state index contributed by atoms with van der Waals surface area (Å²) in [6.07, 6.45) is 3.21. The van der Waals surface area contributed by atoms with Crippen molar-refractivity contribution >= 4 is 28.4 Å². The number of fused-ring (bicyclic) bond motifs is 1. The van der Waals surface area contributed by atoms with Gasteiger partial charge in [-0.2, -0.15) is 5.10 Å². The maximum Gasteiger partial charge on any atom is 0.278 e. The van der Waals surface area contributed by atoms with Crippen molar-refractivity contribution in [3.05, 3.63) is 83.6 Å². The molecule has 0 atom stereocenters. The molecule has 0 aliphatic carbocycles. The van der Waals surface area contributed by atoms with E-state index in [4.69, 9.17) is 11.6 Å². The number of rotatable bonds is 2. The van der Waals surface area contributed by atoms with Crippen molar-refractivity contribution in [2.75, 3.05) is 0 Å². The van der Waals surface area contributed by atoms with Gasteiger partial charge in [-0.25, -0.2) is 9.67 Å². The van der Waals surface area contributed by atoms with Crippen LogP contribution >= 0.6 is 11.6 Å². The molecular weight excluding hydrogens is 322 g/mol. The van der Waals surface area contributed by atoms with Gasteiger partial charge in [-0.1, -0.05) is 48.0 Å². The van der Waals surface area contributed by atoms with Crippen molar-refractivity contribution in [2.24, 2.45) is 0 Å². The fourth-order valence-electron chi connectivity index (χ4n) is 2.67. The maximum absolute atomic E-state index is 12.8. The Morgan fingerprint density at radius 1 is 1.00 bits per heavy atom. The van der Waals surface area contributed by atoms with Gasteiger partial charge in [0.2, 0.25) is 0 Å². The lowest BCUT2D eigenvalue weighted by Crippen LogP contribution is -2.13. The van der Waals surface area contributed by atoms with Crippen LogP contribution in [0.25, 0.3) is 22.2 Å². The highest BCUT2D eigenvalue weighted by atomic mass is 35.5. The van der Waals surface area contributed by atoms with E-state index in [9.17, 15) is 4.79 Å². The van der Waals surface area contributed by atoms with E-state index in [0.717, 1.165) is 16.5 Å². The zero-order chi connectivity index (χ0) is 16.5. The van der Waals surface area contributed by atoms with Gasteiger partial charge in [0.15, 0.2) is 0 Å². The number of benzene rings is 2. The zero-order valence-electron chi connectivity index (χ0n) is 12.6. The summed E-state index contributed by atoms with van der Waals surface area (Å²) in [6, 6.07) is 18.5. The van der Waals surface area contributed by atoms with Crippen molar-refractivity contribution in [2.45, 2.75) is 0 Å². The van der Waals surface area contributed by atoms with E-state index in [1.807, 2.05) is 48.5 Å². The molecule has 0 aliphatic rings.